The fourth-order valence-corrected chi connectivity index (χ4v) is 3.17. The van der Waals surface area contributed by atoms with E-state index in [2.05, 4.69) is 12.2 Å². The van der Waals surface area contributed by atoms with Crippen LogP contribution < -0.4 is 10.2 Å². The Balaban J connectivity index is 1.70. The number of aryl methyl sites for hydroxylation is 2. The van der Waals surface area contributed by atoms with Gasteiger partial charge in [0.05, 0.1) is 10.8 Å². The smallest absolute Gasteiger partial charge is 0.274 e. The largest absolute Gasteiger partial charge is 0.326 e. The molecule has 140 valence electrons. The van der Waals surface area contributed by atoms with Crippen molar-refractivity contribution in [3.05, 3.63) is 63.7 Å². The van der Waals surface area contributed by atoms with Gasteiger partial charge < -0.3 is 10.2 Å². The van der Waals surface area contributed by atoms with Gasteiger partial charge in [0, 0.05) is 36.0 Å². The minimum Gasteiger partial charge on any atom is -0.326 e. The summed E-state index contributed by atoms with van der Waals surface area (Å²) in [6, 6.07) is 12.3. The SMILES string of the molecule is CCc1ccc(N2C[C@@H](C(=O)Nc3ccc(C)c([N+](=O)[O-])c3)CC2=O)cc1. The van der Waals surface area contributed by atoms with E-state index in [1.165, 1.54) is 11.6 Å². The van der Waals surface area contributed by atoms with E-state index in [4.69, 9.17) is 0 Å². The molecule has 1 atom stereocenters. The normalized spacial score (nSPS) is 16.4. The maximum absolute atomic E-state index is 12.5. The molecule has 0 unspecified atom stereocenters. The molecular formula is C20H21N3O4. The minimum atomic E-state index is -0.497. The summed E-state index contributed by atoms with van der Waals surface area (Å²) in [5.74, 6) is -0.910. The maximum atomic E-state index is 12.5. The van der Waals surface area contributed by atoms with Crippen LogP contribution in [0.25, 0.3) is 0 Å². The zero-order valence-electron chi connectivity index (χ0n) is 15.3. The van der Waals surface area contributed by atoms with Crippen molar-refractivity contribution < 1.29 is 14.5 Å². The lowest BCUT2D eigenvalue weighted by atomic mass is 10.1. The van der Waals surface area contributed by atoms with Crippen LogP contribution in [0.3, 0.4) is 0 Å². The van der Waals surface area contributed by atoms with Crippen LogP contribution in [0, 0.1) is 23.0 Å². The van der Waals surface area contributed by atoms with E-state index in [0.29, 0.717) is 17.8 Å². The number of amides is 2. The number of hydrogen-bond acceptors (Lipinski definition) is 4. The van der Waals surface area contributed by atoms with Gasteiger partial charge in [0.25, 0.3) is 5.69 Å². The zero-order chi connectivity index (χ0) is 19.6. The maximum Gasteiger partial charge on any atom is 0.274 e. The second-order valence-corrected chi connectivity index (χ2v) is 6.67. The van der Waals surface area contributed by atoms with Gasteiger partial charge in [-0.2, -0.15) is 0 Å². The van der Waals surface area contributed by atoms with Crippen LogP contribution in [0.1, 0.15) is 24.5 Å². The number of nitro groups is 1. The Labute approximate surface area is 157 Å². The minimum absolute atomic E-state index is 0.0482. The standard InChI is InChI=1S/C20H21N3O4/c1-3-14-5-8-17(9-6-14)22-12-15(10-19(22)24)20(25)21-16-7-4-13(2)18(11-16)23(26)27/h4-9,11,15H,3,10,12H2,1-2H3,(H,21,25)/t15-/m0/s1. The van der Waals surface area contributed by atoms with Crippen LogP contribution in [0.2, 0.25) is 0 Å². The number of benzene rings is 2. The van der Waals surface area contributed by atoms with Crippen molar-refractivity contribution in [2.24, 2.45) is 5.92 Å². The van der Waals surface area contributed by atoms with Gasteiger partial charge >= 0.3 is 0 Å². The van der Waals surface area contributed by atoms with Gasteiger partial charge in [-0.15, -0.1) is 0 Å². The highest BCUT2D eigenvalue weighted by molar-refractivity contribution is 6.03. The first-order chi connectivity index (χ1) is 12.9. The highest BCUT2D eigenvalue weighted by Gasteiger charge is 2.35. The van der Waals surface area contributed by atoms with Crippen LogP contribution in [-0.4, -0.2) is 23.3 Å². The molecule has 27 heavy (non-hydrogen) atoms. The summed E-state index contributed by atoms with van der Waals surface area (Å²) in [5, 5.41) is 13.7. The van der Waals surface area contributed by atoms with E-state index in [1.54, 1.807) is 24.0 Å². The molecule has 2 aromatic rings. The molecule has 0 aromatic heterocycles. The summed E-state index contributed by atoms with van der Waals surface area (Å²) in [6.45, 7) is 4.00. The second-order valence-electron chi connectivity index (χ2n) is 6.67. The molecular weight excluding hydrogens is 346 g/mol. The van der Waals surface area contributed by atoms with E-state index in [1.807, 2.05) is 24.3 Å². The molecule has 2 amide bonds. The molecule has 2 aromatic carbocycles. The van der Waals surface area contributed by atoms with Crippen LogP contribution >= 0.6 is 0 Å². The number of hydrogen-bond donors (Lipinski definition) is 1. The van der Waals surface area contributed by atoms with Gasteiger partial charge in [-0.1, -0.05) is 25.1 Å². The van der Waals surface area contributed by atoms with Crippen LogP contribution in [-0.2, 0) is 16.0 Å². The van der Waals surface area contributed by atoms with Crippen molar-refractivity contribution in [1.82, 2.24) is 0 Å². The summed E-state index contributed by atoms with van der Waals surface area (Å²) in [6.07, 6.45) is 1.04. The molecule has 0 aliphatic carbocycles. The van der Waals surface area contributed by atoms with Crippen molar-refractivity contribution in [1.29, 1.82) is 0 Å². The molecule has 3 rings (SSSR count). The summed E-state index contributed by atoms with van der Waals surface area (Å²) in [4.78, 5) is 37.1. The number of carbonyl (C=O) groups is 2. The van der Waals surface area contributed by atoms with E-state index in [0.717, 1.165) is 12.1 Å². The first kappa shape index (κ1) is 18.6. The van der Waals surface area contributed by atoms with Gasteiger partial charge in [0.1, 0.15) is 0 Å². The number of anilines is 2. The molecule has 1 aliphatic heterocycles. The summed E-state index contributed by atoms with van der Waals surface area (Å²) in [5.41, 5.74) is 2.79. The highest BCUT2D eigenvalue weighted by Crippen LogP contribution is 2.27. The Morgan fingerprint density at radius 3 is 2.59 bits per heavy atom. The average molecular weight is 367 g/mol. The van der Waals surface area contributed by atoms with E-state index in [-0.39, 0.29) is 23.9 Å². The topological polar surface area (TPSA) is 92.6 Å². The molecule has 1 aliphatic rings. The Morgan fingerprint density at radius 2 is 1.96 bits per heavy atom. The third-order valence-electron chi connectivity index (χ3n) is 4.83. The zero-order valence-corrected chi connectivity index (χ0v) is 15.3. The summed E-state index contributed by atoms with van der Waals surface area (Å²) in [7, 11) is 0. The molecule has 7 heteroatoms. The first-order valence-electron chi connectivity index (χ1n) is 8.84. The fourth-order valence-electron chi connectivity index (χ4n) is 3.17. The molecule has 1 heterocycles. The average Bonchev–Trinajstić information content (AvgIpc) is 3.05. The Morgan fingerprint density at radius 1 is 1.26 bits per heavy atom. The number of carbonyl (C=O) groups excluding carboxylic acids is 2. The third-order valence-corrected chi connectivity index (χ3v) is 4.83. The van der Waals surface area contributed by atoms with E-state index < -0.39 is 10.8 Å². The van der Waals surface area contributed by atoms with Crippen molar-refractivity contribution in [2.45, 2.75) is 26.7 Å². The van der Waals surface area contributed by atoms with Crippen molar-refractivity contribution in [3.63, 3.8) is 0 Å². The van der Waals surface area contributed by atoms with Crippen molar-refractivity contribution in [2.75, 3.05) is 16.8 Å². The lowest BCUT2D eigenvalue weighted by molar-refractivity contribution is -0.385. The van der Waals surface area contributed by atoms with Crippen molar-refractivity contribution in [3.8, 4) is 0 Å². The summed E-state index contributed by atoms with van der Waals surface area (Å²) >= 11 is 0. The van der Waals surface area contributed by atoms with Gasteiger partial charge in [0.15, 0.2) is 0 Å². The van der Waals surface area contributed by atoms with Crippen LogP contribution in [0.4, 0.5) is 17.1 Å². The number of nitrogens with one attached hydrogen (secondary N) is 1. The number of nitrogens with zero attached hydrogens (tertiary/aromatic N) is 2. The van der Waals surface area contributed by atoms with Crippen LogP contribution in [0.15, 0.2) is 42.5 Å². The fraction of sp³-hybridized carbons (Fsp3) is 0.300. The second kappa shape index (κ2) is 7.57. The lowest BCUT2D eigenvalue weighted by Gasteiger charge is -2.17. The quantitative estimate of drug-likeness (QED) is 0.647. The molecule has 1 saturated heterocycles. The van der Waals surface area contributed by atoms with Gasteiger partial charge in [-0.05, 0) is 37.1 Å². The molecule has 0 radical (unpaired) electrons. The molecule has 7 nitrogen and oxygen atoms in total. The van der Waals surface area contributed by atoms with Gasteiger partial charge in [-0.3, -0.25) is 19.7 Å². The van der Waals surface area contributed by atoms with Crippen molar-refractivity contribution >= 4 is 28.9 Å². The van der Waals surface area contributed by atoms with Crippen LogP contribution in [0.5, 0.6) is 0 Å². The molecule has 1 N–H and O–H groups in total. The lowest BCUT2D eigenvalue weighted by Crippen LogP contribution is -2.28. The van der Waals surface area contributed by atoms with Gasteiger partial charge in [0.2, 0.25) is 11.8 Å². The predicted molar refractivity (Wildman–Crippen MR) is 103 cm³/mol. The predicted octanol–water partition coefficient (Wildman–Crippen LogP) is 3.46. The number of nitro benzene ring substituents is 1. The molecule has 0 bridgehead atoms. The highest BCUT2D eigenvalue weighted by atomic mass is 16.6. The summed E-state index contributed by atoms with van der Waals surface area (Å²) < 4.78 is 0. The molecule has 1 fully saturated rings. The first-order valence-corrected chi connectivity index (χ1v) is 8.84. The Kier molecular flexibility index (Phi) is 5.21. The van der Waals surface area contributed by atoms with E-state index >= 15 is 0 Å². The molecule has 0 spiro atoms. The molecule has 0 saturated carbocycles. The number of rotatable bonds is 5. The van der Waals surface area contributed by atoms with Gasteiger partial charge in [-0.25, -0.2) is 0 Å². The Hall–Kier alpha value is -3.22. The monoisotopic (exact) mass is 367 g/mol. The third kappa shape index (κ3) is 3.97. The van der Waals surface area contributed by atoms with E-state index in [9.17, 15) is 19.7 Å². The Bertz CT molecular complexity index is 893.